The van der Waals surface area contributed by atoms with Crippen molar-refractivity contribution in [1.29, 1.82) is 0 Å². The van der Waals surface area contributed by atoms with Gasteiger partial charge in [-0.05, 0) is 86.0 Å². The Morgan fingerprint density at radius 3 is 2.31 bits per heavy atom. The van der Waals surface area contributed by atoms with Gasteiger partial charge in [0.25, 0.3) is 17.7 Å². The van der Waals surface area contributed by atoms with Crippen LogP contribution in [-0.2, 0) is 35.8 Å². The standard InChI is InChI=1S/C40H39N3O9/c1-23(44)50-32-15-13-29-30-22-28-12-14-31(36-35(28)40(29,37(32)51-36)18-20-42(30)2)49-21-3-19-41-38(47)26-8-4-24(5-9-26)25-6-10-27(11-7-25)39(48)52-43-33(45)16-17-34(43)46/h4-15,29-30,32,37H,3,16-22H2,1-2H3,(H,41,47)/t29?,30-,32+,37+,40+/m1/s1. The number of carbonyl (C=O) groups excluding carboxylic acids is 5. The lowest BCUT2D eigenvalue weighted by atomic mass is 9.53. The summed E-state index contributed by atoms with van der Waals surface area (Å²) in [6.07, 6.45) is 5.93. The second-order valence-electron chi connectivity index (χ2n) is 14.1. The molecular weight excluding hydrogens is 666 g/mol. The van der Waals surface area contributed by atoms with Gasteiger partial charge in [0.15, 0.2) is 17.6 Å². The van der Waals surface area contributed by atoms with Crippen molar-refractivity contribution in [2.24, 2.45) is 5.92 Å². The molecule has 268 valence electrons. The number of nitrogens with zero attached hydrogens (tertiary/aromatic N) is 2. The number of likely N-dealkylation sites (tertiary alicyclic amines) is 1. The summed E-state index contributed by atoms with van der Waals surface area (Å²) in [6, 6.07) is 18.2. The van der Waals surface area contributed by atoms with Gasteiger partial charge in [-0.15, -0.1) is 5.06 Å². The molecule has 2 aliphatic carbocycles. The molecule has 0 aromatic heterocycles. The molecule has 8 rings (SSSR count). The minimum absolute atomic E-state index is 0.0283. The van der Waals surface area contributed by atoms with E-state index in [0.29, 0.717) is 42.0 Å². The molecule has 3 aliphatic heterocycles. The number of likely N-dealkylation sites (N-methyl/N-ethyl adjacent to an activating group) is 1. The molecule has 3 aromatic carbocycles. The van der Waals surface area contributed by atoms with E-state index in [1.807, 2.05) is 24.3 Å². The van der Waals surface area contributed by atoms with Gasteiger partial charge >= 0.3 is 11.9 Å². The maximum atomic E-state index is 12.9. The zero-order valence-electron chi connectivity index (χ0n) is 29.0. The van der Waals surface area contributed by atoms with Gasteiger partial charge in [0.2, 0.25) is 0 Å². The van der Waals surface area contributed by atoms with Crippen LogP contribution in [0.5, 0.6) is 11.5 Å². The number of hydrogen-bond acceptors (Lipinski definition) is 10. The van der Waals surface area contributed by atoms with Crippen molar-refractivity contribution in [3.05, 3.63) is 95.1 Å². The lowest BCUT2D eigenvalue weighted by Gasteiger charge is -2.56. The topological polar surface area (TPSA) is 141 Å². The van der Waals surface area contributed by atoms with Crippen LogP contribution in [0.2, 0.25) is 0 Å². The average Bonchev–Trinajstić information content (AvgIpc) is 3.66. The number of imide groups is 1. The third kappa shape index (κ3) is 5.71. The quantitative estimate of drug-likeness (QED) is 0.142. The molecule has 0 radical (unpaired) electrons. The second kappa shape index (κ2) is 13.2. The summed E-state index contributed by atoms with van der Waals surface area (Å²) in [5.41, 5.74) is 4.55. The fourth-order valence-electron chi connectivity index (χ4n) is 8.58. The highest BCUT2D eigenvalue weighted by Gasteiger charge is 2.65. The monoisotopic (exact) mass is 705 g/mol. The zero-order chi connectivity index (χ0) is 36.1. The average molecular weight is 706 g/mol. The number of nitrogens with one attached hydrogen (secondary N) is 1. The Labute approximate surface area is 300 Å². The van der Waals surface area contributed by atoms with Crippen molar-refractivity contribution in [1.82, 2.24) is 15.3 Å². The highest BCUT2D eigenvalue weighted by atomic mass is 16.7. The van der Waals surface area contributed by atoms with Gasteiger partial charge in [0.1, 0.15) is 6.10 Å². The number of ether oxygens (including phenoxy) is 3. The molecule has 2 bridgehead atoms. The van der Waals surface area contributed by atoms with Gasteiger partial charge in [0.05, 0.1) is 12.2 Å². The fourth-order valence-corrected chi connectivity index (χ4v) is 8.58. The fraction of sp³-hybridized carbons (Fsp3) is 0.375. The maximum absolute atomic E-state index is 12.9. The van der Waals surface area contributed by atoms with E-state index in [-0.39, 0.29) is 47.7 Å². The Bertz CT molecular complexity index is 1980. The number of piperidine rings is 1. The zero-order valence-corrected chi connectivity index (χ0v) is 29.0. The first-order chi connectivity index (χ1) is 25.1. The van der Waals surface area contributed by atoms with Gasteiger partial charge < -0.3 is 29.3 Å². The maximum Gasteiger partial charge on any atom is 0.363 e. The summed E-state index contributed by atoms with van der Waals surface area (Å²) in [5.74, 6) is -0.713. The van der Waals surface area contributed by atoms with E-state index in [1.54, 1.807) is 36.4 Å². The van der Waals surface area contributed by atoms with Crippen LogP contribution in [0.15, 0.2) is 72.8 Å². The van der Waals surface area contributed by atoms with Gasteiger partial charge in [0, 0.05) is 54.8 Å². The number of rotatable bonds is 10. The molecule has 3 aromatic rings. The minimum atomic E-state index is -0.791. The van der Waals surface area contributed by atoms with Gasteiger partial charge in [-0.1, -0.05) is 36.4 Å². The summed E-state index contributed by atoms with van der Waals surface area (Å²) in [4.78, 5) is 68.2. The Morgan fingerprint density at radius 1 is 0.923 bits per heavy atom. The van der Waals surface area contributed by atoms with E-state index < -0.39 is 23.9 Å². The lowest BCUT2D eigenvalue weighted by Crippen LogP contribution is -2.65. The largest absolute Gasteiger partial charge is 0.490 e. The number of amides is 3. The number of hydroxylamine groups is 2. The highest BCUT2D eigenvalue weighted by Crippen LogP contribution is 2.62. The van der Waals surface area contributed by atoms with E-state index >= 15 is 0 Å². The summed E-state index contributed by atoms with van der Waals surface area (Å²) in [7, 11) is 2.18. The third-order valence-corrected chi connectivity index (χ3v) is 11.1. The Kier molecular flexibility index (Phi) is 8.57. The first-order valence-corrected chi connectivity index (χ1v) is 17.7. The van der Waals surface area contributed by atoms with Crippen LogP contribution in [0.1, 0.15) is 64.4 Å². The van der Waals surface area contributed by atoms with E-state index in [2.05, 4.69) is 29.4 Å². The molecule has 2 fully saturated rings. The molecule has 3 heterocycles. The van der Waals surface area contributed by atoms with Crippen LogP contribution in [0.25, 0.3) is 11.1 Å². The molecule has 1 spiro atoms. The summed E-state index contributed by atoms with van der Waals surface area (Å²) in [6.45, 7) is 3.16. The summed E-state index contributed by atoms with van der Waals surface area (Å²) >= 11 is 0. The first kappa shape index (κ1) is 33.6. The summed E-state index contributed by atoms with van der Waals surface area (Å²) in [5, 5.41) is 3.48. The number of hydrogen-bond donors (Lipinski definition) is 1. The van der Waals surface area contributed by atoms with Crippen molar-refractivity contribution >= 4 is 29.7 Å². The Balaban J connectivity index is 0.861. The van der Waals surface area contributed by atoms with E-state index in [1.165, 1.54) is 18.1 Å². The van der Waals surface area contributed by atoms with Crippen molar-refractivity contribution in [2.75, 3.05) is 26.7 Å². The Hall–Kier alpha value is -5.49. The smallest absolute Gasteiger partial charge is 0.363 e. The van der Waals surface area contributed by atoms with Crippen molar-refractivity contribution in [2.45, 2.75) is 62.7 Å². The second-order valence-corrected chi connectivity index (χ2v) is 14.1. The molecule has 3 amide bonds. The van der Waals surface area contributed by atoms with Crippen LogP contribution < -0.4 is 14.8 Å². The highest BCUT2D eigenvalue weighted by molar-refractivity contribution is 6.02. The molecule has 5 atom stereocenters. The molecule has 5 aliphatic rings. The van der Waals surface area contributed by atoms with Gasteiger partial charge in [-0.25, -0.2) is 4.79 Å². The molecule has 2 saturated heterocycles. The predicted octanol–water partition coefficient (Wildman–Crippen LogP) is 4.15. The van der Waals surface area contributed by atoms with Crippen molar-refractivity contribution in [3.63, 3.8) is 0 Å². The molecule has 12 heteroatoms. The normalized spacial score (nSPS) is 25.3. The number of carbonyl (C=O) groups is 5. The van der Waals surface area contributed by atoms with Crippen LogP contribution in [0.3, 0.4) is 0 Å². The predicted molar refractivity (Wildman–Crippen MR) is 186 cm³/mol. The van der Waals surface area contributed by atoms with Crippen LogP contribution >= 0.6 is 0 Å². The third-order valence-electron chi connectivity index (χ3n) is 11.1. The van der Waals surface area contributed by atoms with E-state index in [9.17, 15) is 24.0 Å². The molecular formula is C40H39N3O9. The lowest BCUT2D eigenvalue weighted by molar-refractivity contribution is -0.172. The molecule has 0 saturated carbocycles. The SMILES string of the molecule is CC(=O)O[C@H]1C=CC2[C@H]3Cc4ccc(OCCCNC(=O)c5ccc(-c6ccc(C(=O)ON7C(=O)CCC7=O)cc6)cc5)c5c4[C@@]2(CCN3C)[C@H]1O5. The number of esters is 1. The molecule has 1 N–H and O–H groups in total. The number of benzene rings is 3. The van der Waals surface area contributed by atoms with E-state index in [4.69, 9.17) is 19.0 Å². The molecule has 52 heavy (non-hydrogen) atoms. The van der Waals surface area contributed by atoms with Crippen LogP contribution in [-0.4, -0.2) is 84.6 Å². The minimum Gasteiger partial charge on any atom is -0.490 e. The first-order valence-electron chi connectivity index (χ1n) is 17.7. The summed E-state index contributed by atoms with van der Waals surface area (Å²) < 4.78 is 18.8. The molecule has 12 nitrogen and oxygen atoms in total. The van der Waals surface area contributed by atoms with E-state index in [0.717, 1.165) is 36.3 Å². The van der Waals surface area contributed by atoms with Crippen LogP contribution in [0.4, 0.5) is 0 Å². The Morgan fingerprint density at radius 2 is 1.62 bits per heavy atom. The molecule has 1 unspecified atom stereocenters. The van der Waals surface area contributed by atoms with Crippen molar-refractivity contribution in [3.8, 4) is 22.6 Å². The van der Waals surface area contributed by atoms with Gasteiger partial charge in [-0.2, -0.15) is 0 Å². The van der Waals surface area contributed by atoms with Crippen LogP contribution in [0, 0.1) is 5.92 Å². The van der Waals surface area contributed by atoms with Gasteiger partial charge in [-0.3, -0.25) is 19.2 Å². The van der Waals surface area contributed by atoms with Crippen molar-refractivity contribution < 1.29 is 43.0 Å².